The molecule has 2 aromatic carbocycles. The highest BCUT2D eigenvalue weighted by atomic mass is 35.5. The summed E-state index contributed by atoms with van der Waals surface area (Å²) in [6.45, 7) is 9.75. The summed E-state index contributed by atoms with van der Waals surface area (Å²) in [7, 11) is 0. The number of carbonyl (C=O) groups is 1. The first-order chi connectivity index (χ1) is 18.9. The topological polar surface area (TPSA) is 79.8 Å². The average Bonchev–Trinajstić information content (AvgIpc) is 3.36. The number of hydrogen-bond donors (Lipinski definition) is 1. The van der Waals surface area contributed by atoms with Crippen LogP contribution in [0.1, 0.15) is 55.1 Å². The number of halogens is 2. The van der Waals surface area contributed by atoms with Gasteiger partial charge < -0.3 is 24.6 Å². The van der Waals surface area contributed by atoms with Gasteiger partial charge in [-0.05, 0) is 63.4 Å². The van der Waals surface area contributed by atoms with Gasteiger partial charge >= 0.3 is 0 Å². The Morgan fingerprint density at radius 2 is 1.98 bits per heavy atom. The van der Waals surface area contributed by atoms with Crippen LogP contribution in [0, 0.1) is 11.2 Å². The summed E-state index contributed by atoms with van der Waals surface area (Å²) < 4.78 is 26.8. The lowest BCUT2D eigenvalue weighted by molar-refractivity contribution is -0.0348. The molecule has 1 N–H and O–H groups in total. The zero-order chi connectivity index (χ0) is 27.1. The van der Waals surface area contributed by atoms with Gasteiger partial charge in [-0.2, -0.15) is 0 Å². The number of amides is 1. The Kier molecular flexibility index (Phi) is 7.88. The Balaban J connectivity index is 0.00000323. The van der Waals surface area contributed by atoms with Crippen molar-refractivity contribution >= 4 is 24.1 Å². The maximum atomic E-state index is 14.2. The van der Waals surface area contributed by atoms with Crippen LogP contribution in [0.2, 0.25) is 0 Å². The Bertz CT molecular complexity index is 1390. The minimum Gasteiger partial charge on any atom is -0.490 e. The van der Waals surface area contributed by atoms with Crippen LogP contribution < -0.4 is 19.7 Å². The normalized spacial score (nSPS) is 17.1. The van der Waals surface area contributed by atoms with Crippen molar-refractivity contribution < 1.29 is 18.7 Å². The molecule has 2 fully saturated rings. The van der Waals surface area contributed by atoms with Crippen molar-refractivity contribution in [1.82, 2.24) is 20.2 Å². The van der Waals surface area contributed by atoms with E-state index in [-0.39, 0.29) is 47.2 Å². The molecule has 0 bridgehead atoms. The number of fused-ring (bicyclic) bond motifs is 1. The zero-order valence-electron chi connectivity index (χ0n) is 23.0. The largest absolute Gasteiger partial charge is 0.490 e. The highest BCUT2D eigenvalue weighted by molar-refractivity contribution is 5.97. The first-order valence-electron chi connectivity index (χ1n) is 13.7. The minimum atomic E-state index is -0.488. The van der Waals surface area contributed by atoms with Crippen molar-refractivity contribution in [2.75, 3.05) is 24.5 Å². The van der Waals surface area contributed by atoms with E-state index in [4.69, 9.17) is 9.47 Å². The molecule has 1 aromatic heterocycles. The fourth-order valence-electron chi connectivity index (χ4n) is 6.15. The first-order valence-corrected chi connectivity index (χ1v) is 13.7. The number of carbonyl (C=O) groups excluding carboxylic acids is 1. The second kappa shape index (κ2) is 11.2. The number of nitrogens with one attached hydrogen (secondary N) is 1. The maximum Gasteiger partial charge on any atom is 0.257 e. The van der Waals surface area contributed by atoms with E-state index in [9.17, 15) is 9.18 Å². The molecule has 212 valence electrons. The molecular formula is C30H35ClFN5O3. The molecule has 6 rings (SSSR count). The third-order valence-corrected chi connectivity index (χ3v) is 8.09. The van der Waals surface area contributed by atoms with E-state index in [1.807, 2.05) is 20.8 Å². The molecule has 1 spiro atoms. The van der Waals surface area contributed by atoms with E-state index in [1.165, 1.54) is 35.7 Å². The molecule has 3 aliphatic rings. The predicted octanol–water partition coefficient (Wildman–Crippen LogP) is 5.35. The van der Waals surface area contributed by atoms with E-state index >= 15 is 0 Å². The van der Waals surface area contributed by atoms with Gasteiger partial charge in [-0.3, -0.25) is 4.79 Å². The van der Waals surface area contributed by atoms with E-state index in [1.54, 1.807) is 11.1 Å². The summed E-state index contributed by atoms with van der Waals surface area (Å²) in [6, 6.07) is 10.3. The number of benzene rings is 2. The standard InChI is InChI=1S/C30H34FN5O3.ClH/c1-4-36(19(2)3)29(37)23-10-21(31)8-9-26(23)39-27-15-33-18-34-28(27)35-16-30(17-35)11-22(12-30)38-25-7-5-6-20-13-32-14-24(20)25;/h5-10,15,18-19,22,32H,4,11-14,16-17H2,1-3H3;1H. The number of aromatic nitrogens is 2. The summed E-state index contributed by atoms with van der Waals surface area (Å²) >= 11 is 0. The predicted molar refractivity (Wildman–Crippen MR) is 153 cm³/mol. The van der Waals surface area contributed by atoms with E-state index in [2.05, 4.69) is 38.4 Å². The lowest BCUT2D eigenvalue weighted by atomic mass is 9.61. The highest BCUT2D eigenvalue weighted by Crippen LogP contribution is 2.52. The summed E-state index contributed by atoms with van der Waals surface area (Å²) in [5, 5.41) is 3.40. The summed E-state index contributed by atoms with van der Waals surface area (Å²) in [5.74, 6) is 1.64. The van der Waals surface area contributed by atoms with Gasteiger partial charge in [0.2, 0.25) is 0 Å². The van der Waals surface area contributed by atoms with Crippen LogP contribution in [0.3, 0.4) is 0 Å². The van der Waals surface area contributed by atoms with Gasteiger partial charge in [0.15, 0.2) is 11.6 Å². The molecule has 10 heteroatoms. The monoisotopic (exact) mass is 567 g/mol. The first kappa shape index (κ1) is 28.1. The Morgan fingerprint density at radius 1 is 1.18 bits per heavy atom. The Labute approximate surface area is 240 Å². The quantitative estimate of drug-likeness (QED) is 0.393. The van der Waals surface area contributed by atoms with Crippen molar-refractivity contribution in [3.05, 3.63) is 71.4 Å². The molecule has 1 saturated carbocycles. The van der Waals surface area contributed by atoms with Crippen LogP contribution in [0.15, 0.2) is 48.9 Å². The van der Waals surface area contributed by atoms with E-state index < -0.39 is 5.82 Å². The van der Waals surface area contributed by atoms with Crippen molar-refractivity contribution in [1.29, 1.82) is 0 Å². The minimum absolute atomic E-state index is 0. The smallest absolute Gasteiger partial charge is 0.257 e. The van der Waals surface area contributed by atoms with E-state index in [0.717, 1.165) is 44.8 Å². The van der Waals surface area contributed by atoms with Crippen LogP contribution in [0.5, 0.6) is 17.2 Å². The SMILES string of the molecule is CCN(C(=O)c1cc(F)ccc1Oc1cncnc1N1CC2(CC(Oc3cccc4c3CNC4)C2)C1)C(C)C.Cl. The van der Waals surface area contributed by atoms with Gasteiger partial charge in [0.1, 0.15) is 29.7 Å². The number of rotatable bonds is 8. The second-order valence-corrected chi connectivity index (χ2v) is 11.1. The second-order valence-electron chi connectivity index (χ2n) is 11.1. The summed E-state index contributed by atoms with van der Waals surface area (Å²) in [4.78, 5) is 25.8. The molecule has 1 saturated heterocycles. The third kappa shape index (κ3) is 5.20. The van der Waals surface area contributed by atoms with Crippen LogP contribution in [0.4, 0.5) is 10.2 Å². The van der Waals surface area contributed by atoms with Crippen molar-refractivity contribution in [2.45, 2.75) is 58.8 Å². The molecule has 40 heavy (non-hydrogen) atoms. The Hall–Kier alpha value is -3.43. The fraction of sp³-hybridized carbons (Fsp3) is 0.433. The van der Waals surface area contributed by atoms with Crippen LogP contribution >= 0.6 is 12.4 Å². The number of nitrogens with zero attached hydrogens (tertiary/aromatic N) is 4. The molecular weight excluding hydrogens is 533 g/mol. The molecule has 2 aliphatic heterocycles. The van der Waals surface area contributed by atoms with Crippen LogP contribution in [-0.2, 0) is 13.1 Å². The molecule has 8 nitrogen and oxygen atoms in total. The lowest BCUT2D eigenvalue weighted by Crippen LogP contribution is -2.65. The van der Waals surface area contributed by atoms with Crippen molar-refractivity contribution in [3.63, 3.8) is 0 Å². The zero-order valence-corrected chi connectivity index (χ0v) is 23.8. The molecule has 3 heterocycles. The molecule has 0 radical (unpaired) electrons. The number of hydrogen-bond acceptors (Lipinski definition) is 7. The van der Waals surface area contributed by atoms with E-state index in [0.29, 0.717) is 18.1 Å². The molecule has 0 atom stereocenters. The lowest BCUT2D eigenvalue weighted by Gasteiger charge is -2.59. The molecule has 0 unspecified atom stereocenters. The molecule has 3 aromatic rings. The summed E-state index contributed by atoms with van der Waals surface area (Å²) in [6.07, 6.45) is 5.32. The van der Waals surface area contributed by atoms with Crippen LogP contribution in [0.25, 0.3) is 0 Å². The summed E-state index contributed by atoms with van der Waals surface area (Å²) in [5.41, 5.74) is 3.00. The van der Waals surface area contributed by atoms with Gasteiger partial charge in [-0.15, -0.1) is 12.4 Å². The van der Waals surface area contributed by atoms with Gasteiger partial charge in [0.05, 0.1) is 11.8 Å². The van der Waals surface area contributed by atoms with Gasteiger partial charge in [-0.25, -0.2) is 14.4 Å². The third-order valence-electron chi connectivity index (χ3n) is 8.09. The van der Waals surface area contributed by atoms with Gasteiger partial charge in [0.25, 0.3) is 5.91 Å². The molecule has 1 amide bonds. The van der Waals surface area contributed by atoms with Crippen molar-refractivity contribution in [3.8, 4) is 17.2 Å². The average molecular weight is 568 g/mol. The number of ether oxygens (including phenoxy) is 2. The Morgan fingerprint density at radius 3 is 2.73 bits per heavy atom. The van der Waals surface area contributed by atoms with Crippen LogP contribution in [-0.4, -0.2) is 52.6 Å². The van der Waals surface area contributed by atoms with Gasteiger partial charge in [-0.1, -0.05) is 12.1 Å². The maximum absolute atomic E-state index is 14.2. The van der Waals surface area contributed by atoms with Crippen molar-refractivity contribution in [2.24, 2.45) is 5.41 Å². The highest BCUT2D eigenvalue weighted by Gasteiger charge is 2.54. The molecule has 1 aliphatic carbocycles. The number of anilines is 1. The fourth-order valence-corrected chi connectivity index (χ4v) is 6.15. The van der Waals surface area contributed by atoms with Gasteiger partial charge in [0, 0.05) is 49.7 Å².